The second-order valence-electron chi connectivity index (χ2n) is 9.49. The second-order valence-corrected chi connectivity index (χ2v) is 9.49. The number of aryl methyl sites for hydroxylation is 2. The second kappa shape index (κ2) is 10.1. The number of nitrogens with zero attached hydrogens (tertiary/aromatic N) is 6. The minimum absolute atomic E-state index is 0.0520. The van der Waals surface area contributed by atoms with Gasteiger partial charge in [0.15, 0.2) is 11.2 Å². The van der Waals surface area contributed by atoms with E-state index in [4.69, 9.17) is 9.72 Å². The molecule has 194 valence electrons. The highest BCUT2D eigenvalue weighted by molar-refractivity contribution is 5.74. The Labute approximate surface area is 214 Å². The lowest BCUT2D eigenvalue weighted by molar-refractivity contribution is 0.0936. The maximum Gasteiger partial charge on any atom is 0.332 e. The maximum absolute atomic E-state index is 13.2. The molecule has 0 spiro atoms. The Hall–Kier alpha value is -4.05. The SMILES string of the molecule is Cc1cccc(OCC(O)Cn2c(N3CCN(c4ccccc4)CC3)nc3c2c(=O)n(C)c(=O)n3C)c1. The number of aromatic nitrogens is 4. The summed E-state index contributed by atoms with van der Waals surface area (Å²) in [6, 6.07) is 17.9. The molecule has 2 aromatic heterocycles. The summed E-state index contributed by atoms with van der Waals surface area (Å²) in [6.45, 7) is 5.06. The smallest absolute Gasteiger partial charge is 0.332 e. The molecule has 1 aliphatic rings. The van der Waals surface area contributed by atoms with Crippen molar-refractivity contribution in [3.63, 3.8) is 0 Å². The zero-order valence-corrected chi connectivity index (χ0v) is 21.4. The molecular formula is C27H32N6O4. The first-order chi connectivity index (χ1) is 17.8. The van der Waals surface area contributed by atoms with Crippen molar-refractivity contribution < 1.29 is 9.84 Å². The van der Waals surface area contributed by atoms with Crippen molar-refractivity contribution in [2.45, 2.75) is 19.6 Å². The molecule has 4 aromatic rings. The molecule has 3 heterocycles. The lowest BCUT2D eigenvalue weighted by atomic mass is 10.2. The largest absolute Gasteiger partial charge is 0.491 e. The van der Waals surface area contributed by atoms with Crippen molar-refractivity contribution >= 4 is 22.8 Å². The van der Waals surface area contributed by atoms with Gasteiger partial charge in [-0.25, -0.2) is 4.79 Å². The van der Waals surface area contributed by atoms with Gasteiger partial charge >= 0.3 is 5.69 Å². The molecule has 0 bridgehead atoms. The average molecular weight is 505 g/mol. The quantitative estimate of drug-likeness (QED) is 0.407. The topological polar surface area (TPSA) is 97.8 Å². The number of rotatable bonds is 7. The third-order valence-electron chi connectivity index (χ3n) is 6.84. The number of fused-ring (bicyclic) bond motifs is 1. The van der Waals surface area contributed by atoms with E-state index >= 15 is 0 Å². The van der Waals surface area contributed by atoms with Crippen LogP contribution in [0.4, 0.5) is 11.6 Å². The molecule has 5 rings (SSSR count). The Morgan fingerprint density at radius 3 is 2.35 bits per heavy atom. The molecule has 2 aromatic carbocycles. The van der Waals surface area contributed by atoms with E-state index in [0.717, 1.165) is 28.9 Å². The number of benzene rings is 2. The first kappa shape index (κ1) is 24.6. The summed E-state index contributed by atoms with van der Waals surface area (Å²) in [4.78, 5) is 35.0. The molecule has 1 N–H and O–H groups in total. The van der Waals surface area contributed by atoms with Crippen LogP contribution >= 0.6 is 0 Å². The normalized spacial score (nSPS) is 14.8. The average Bonchev–Trinajstić information content (AvgIpc) is 3.29. The number of hydrogen-bond donors (Lipinski definition) is 1. The molecule has 0 radical (unpaired) electrons. The van der Waals surface area contributed by atoms with Gasteiger partial charge in [-0.15, -0.1) is 0 Å². The standard InChI is InChI=1S/C27H32N6O4/c1-19-8-7-11-22(16-19)37-18-21(34)17-33-23-24(29(2)27(36)30(3)25(23)35)28-26(33)32-14-12-31(13-15-32)20-9-5-4-6-10-20/h4-11,16,21,34H,12-15,17-18H2,1-3H3. The first-order valence-electron chi connectivity index (χ1n) is 12.4. The van der Waals surface area contributed by atoms with E-state index in [-0.39, 0.29) is 13.2 Å². The molecule has 1 fully saturated rings. The minimum atomic E-state index is -0.899. The van der Waals surface area contributed by atoms with Gasteiger partial charge in [-0.05, 0) is 36.8 Å². The molecule has 10 heteroatoms. The fourth-order valence-electron chi connectivity index (χ4n) is 4.81. The zero-order valence-electron chi connectivity index (χ0n) is 21.4. The van der Waals surface area contributed by atoms with E-state index in [0.29, 0.717) is 36.0 Å². The first-order valence-corrected chi connectivity index (χ1v) is 12.4. The zero-order chi connectivity index (χ0) is 26.1. The van der Waals surface area contributed by atoms with Crippen LogP contribution in [0.5, 0.6) is 5.75 Å². The number of hydrogen-bond acceptors (Lipinski definition) is 7. The number of aliphatic hydroxyl groups is 1. The monoisotopic (exact) mass is 504 g/mol. The van der Waals surface area contributed by atoms with Crippen molar-refractivity contribution in [3.05, 3.63) is 81.0 Å². The third kappa shape index (κ3) is 4.84. The van der Waals surface area contributed by atoms with Crippen LogP contribution in [-0.2, 0) is 20.6 Å². The van der Waals surface area contributed by atoms with E-state index in [1.807, 2.05) is 49.4 Å². The number of anilines is 2. The van der Waals surface area contributed by atoms with Crippen LogP contribution < -0.4 is 25.8 Å². The fraction of sp³-hybridized carbons (Fsp3) is 0.370. The van der Waals surface area contributed by atoms with Gasteiger partial charge in [0.2, 0.25) is 5.95 Å². The lowest BCUT2D eigenvalue weighted by Gasteiger charge is -2.36. The van der Waals surface area contributed by atoms with Gasteiger partial charge in [-0.1, -0.05) is 30.3 Å². The van der Waals surface area contributed by atoms with E-state index in [9.17, 15) is 14.7 Å². The molecule has 0 saturated carbocycles. The third-order valence-corrected chi connectivity index (χ3v) is 6.84. The summed E-state index contributed by atoms with van der Waals surface area (Å²) in [5.41, 5.74) is 1.95. The molecule has 0 aliphatic carbocycles. The van der Waals surface area contributed by atoms with Crippen LogP contribution in [0, 0.1) is 6.92 Å². The molecular weight excluding hydrogens is 472 g/mol. The van der Waals surface area contributed by atoms with Crippen molar-refractivity contribution in [2.24, 2.45) is 14.1 Å². The van der Waals surface area contributed by atoms with Gasteiger partial charge < -0.3 is 24.2 Å². The summed E-state index contributed by atoms with van der Waals surface area (Å²) < 4.78 is 10.0. The van der Waals surface area contributed by atoms with Gasteiger partial charge in [0.1, 0.15) is 18.5 Å². The van der Waals surface area contributed by atoms with Crippen LogP contribution in [0.25, 0.3) is 11.2 Å². The Kier molecular flexibility index (Phi) is 6.75. The highest BCUT2D eigenvalue weighted by Crippen LogP contribution is 2.24. The predicted octanol–water partition coefficient (Wildman–Crippen LogP) is 1.51. The van der Waals surface area contributed by atoms with Crippen LogP contribution in [0.3, 0.4) is 0 Å². The number of para-hydroxylation sites is 1. The summed E-state index contributed by atoms with van der Waals surface area (Å²) in [7, 11) is 3.06. The number of imidazole rings is 1. The molecule has 1 saturated heterocycles. The summed E-state index contributed by atoms with van der Waals surface area (Å²) >= 11 is 0. The Morgan fingerprint density at radius 1 is 0.946 bits per heavy atom. The van der Waals surface area contributed by atoms with Crippen molar-refractivity contribution in [1.82, 2.24) is 18.7 Å². The summed E-state index contributed by atoms with van der Waals surface area (Å²) in [5.74, 6) is 1.24. The Morgan fingerprint density at radius 2 is 1.65 bits per heavy atom. The molecule has 37 heavy (non-hydrogen) atoms. The van der Waals surface area contributed by atoms with E-state index in [1.165, 1.54) is 11.6 Å². The highest BCUT2D eigenvalue weighted by Gasteiger charge is 2.27. The predicted molar refractivity (Wildman–Crippen MR) is 144 cm³/mol. The van der Waals surface area contributed by atoms with Crippen molar-refractivity contribution in [1.29, 1.82) is 0 Å². The van der Waals surface area contributed by atoms with Crippen LogP contribution in [0.1, 0.15) is 5.56 Å². The van der Waals surface area contributed by atoms with E-state index in [1.54, 1.807) is 11.6 Å². The van der Waals surface area contributed by atoms with Crippen LogP contribution in [-0.4, -0.2) is 62.7 Å². The highest BCUT2D eigenvalue weighted by atomic mass is 16.5. The molecule has 10 nitrogen and oxygen atoms in total. The van der Waals surface area contributed by atoms with Gasteiger partial charge in [0, 0.05) is 46.0 Å². The summed E-state index contributed by atoms with van der Waals surface area (Å²) in [5, 5.41) is 10.9. The molecule has 1 aliphatic heterocycles. The Balaban J connectivity index is 1.45. The maximum atomic E-state index is 13.2. The van der Waals surface area contributed by atoms with Crippen LogP contribution in [0.2, 0.25) is 0 Å². The number of ether oxygens (including phenoxy) is 1. The number of aliphatic hydroxyl groups excluding tert-OH is 1. The van der Waals surface area contributed by atoms with E-state index in [2.05, 4.69) is 21.9 Å². The van der Waals surface area contributed by atoms with Crippen molar-refractivity contribution in [3.8, 4) is 5.75 Å². The van der Waals surface area contributed by atoms with Gasteiger partial charge in [0.25, 0.3) is 5.56 Å². The lowest BCUT2D eigenvalue weighted by Crippen LogP contribution is -2.47. The molecule has 0 amide bonds. The molecule has 1 atom stereocenters. The molecule has 1 unspecified atom stereocenters. The van der Waals surface area contributed by atoms with E-state index < -0.39 is 17.4 Å². The fourth-order valence-corrected chi connectivity index (χ4v) is 4.81. The Bertz CT molecular complexity index is 1520. The minimum Gasteiger partial charge on any atom is -0.491 e. The van der Waals surface area contributed by atoms with Gasteiger partial charge in [-0.2, -0.15) is 4.98 Å². The summed E-state index contributed by atoms with van der Waals surface area (Å²) in [6.07, 6.45) is -0.899. The van der Waals surface area contributed by atoms with Crippen molar-refractivity contribution in [2.75, 3.05) is 42.6 Å². The van der Waals surface area contributed by atoms with Crippen LogP contribution in [0.15, 0.2) is 64.2 Å². The van der Waals surface area contributed by atoms with Gasteiger partial charge in [0.05, 0.1) is 6.54 Å². The number of piperazine rings is 1. The van der Waals surface area contributed by atoms with Gasteiger partial charge in [-0.3, -0.25) is 13.9 Å².